The van der Waals surface area contributed by atoms with Crippen LogP contribution in [0.3, 0.4) is 0 Å². The van der Waals surface area contributed by atoms with E-state index in [9.17, 15) is 9.90 Å². The first kappa shape index (κ1) is 10.9. The molecule has 1 unspecified atom stereocenters. The Labute approximate surface area is 94.3 Å². The molecule has 0 fully saturated rings. The topological polar surface area (TPSA) is 42.2 Å². The molecule has 0 saturated carbocycles. The molecule has 0 spiro atoms. The molecule has 0 bridgehead atoms. The lowest BCUT2D eigenvalue weighted by Crippen LogP contribution is -2.06. The number of rotatable bonds is 4. The van der Waals surface area contributed by atoms with E-state index in [0.29, 0.717) is 5.56 Å². The molecule has 2 aromatic rings. The third kappa shape index (κ3) is 2.14. The van der Waals surface area contributed by atoms with E-state index in [1.165, 1.54) is 0 Å². The molecule has 1 atom stereocenters. The first-order valence-corrected chi connectivity index (χ1v) is 5.43. The fraction of sp³-hybridized carbons (Fsp3) is 0.308. The summed E-state index contributed by atoms with van der Waals surface area (Å²) in [6.45, 7) is 2.55. The smallest absolute Gasteiger partial charge is 0.150 e. The van der Waals surface area contributed by atoms with Crippen molar-refractivity contribution >= 4 is 17.2 Å². The van der Waals surface area contributed by atoms with Crippen LogP contribution in [-0.2, 0) is 6.54 Å². The van der Waals surface area contributed by atoms with E-state index >= 15 is 0 Å². The maximum absolute atomic E-state index is 10.7. The van der Waals surface area contributed by atoms with Crippen molar-refractivity contribution in [2.45, 2.75) is 26.0 Å². The molecule has 1 aromatic heterocycles. The lowest BCUT2D eigenvalue weighted by molar-refractivity contribution is 0.112. The first-order valence-electron chi connectivity index (χ1n) is 5.43. The van der Waals surface area contributed by atoms with Gasteiger partial charge in [-0.3, -0.25) is 4.79 Å². The van der Waals surface area contributed by atoms with E-state index in [2.05, 4.69) is 4.57 Å². The molecule has 1 aromatic carbocycles. The van der Waals surface area contributed by atoms with Gasteiger partial charge in [0.2, 0.25) is 0 Å². The van der Waals surface area contributed by atoms with Crippen molar-refractivity contribution in [3.8, 4) is 0 Å². The number of benzene rings is 1. The third-order valence-corrected chi connectivity index (χ3v) is 2.72. The summed E-state index contributed by atoms with van der Waals surface area (Å²) >= 11 is 0. The molecular formula is C13H15NO2. The zero-order valence-corrected chi connectivity index (χ0v) is 9.26. The van der Waals surface area contributed by atoms with Gasteiger partial charge in [0.05, 0.1) is 6.10 Å². The van der Waals surface area contributed by atoms with Crippen LogP contribution in [0.1, 0.15) is 23.7 Å². The molecule has 2 rings (SSSR count). The summed E-state index contributed by atoms with van der Waals surface area (Å²) in [5.41, 5.74) is 1.73. The summed E-state index contributed by atoms with van der Waals surface area (Å²) in [7, 11) is 0. The van der Waals surface area contributed by atoms with E-state index in [1.54, 1.807) is 6.92 Å². The summed E-state index contributed by atoms with van der Waals surface area (Å²) in [4.78, 5) is 10.7. The second kappa shape index (κ2) is 4.49. The number of hydrogen-bond acceptors (Lipinski definition) is 2. The Hall–Kier alpha value is -1.61. The van der Waals surface area contributed by atoms with E-state index in [-0.39, 0.29) is 6.10 Å². The summed E-state index contributed by atoms with van der Waals surface area (Å²) in [5, 5.41) is 10.4. The molecule has 3 nitrogen and oxygen atoms in total. The van der Waals surface area contributed by atoms with Gasteiger partial charge < -0.3 is 9.67 Å². The lowest BCUT2D eigenvalue weighted by Gasteiger charge is -2.07. The number of nitrogens with zero attached hydrogens (tertiary/aromatic N) is 1. The lowest BCUT2D eigenvalue weighted by atomic mass is 10.2. The van der Waals surface area contributed by atoms with Crippen LogP contribution in [-0.4, -0.2) is 22.1 Å². The van der Waals surface area contributed by atoms with Crippen LogP contribution in [0.5, 0.6) is 0 Å². The van der Waals surface area contributed by atoms with Gasteiger partial charge in [0.15, 0.2) is 0 Å². The average molecular weight is 217 g/mol. The zero-order valence-electron chi connectivity index (χ0n) is 9.26. The molecule has 0 amide bonds. The van der Waals surface area contributed by atoms with Crippen LogP contribution in [0, 0.1) is 0 Å². The predicted octanol–water partition coefficient (Wildman–Crippen LogP) is 2.22. The number of carbonyl (C=O) groups is 1. The van der Waals surface area contributed by atoms with Gasteiger partial charge >= 0.3 is 0 Å². The van der Waals surface area contributed by atoms with Gasteiger partial charge in [-0.15, -0.1) is 0 Å². The monoisotopic (exact) mass is 217 g/mol. The molecule has 1 N–H and O–H groups in total. The maximum Gasteiger partial charge on any atom is 0.150 e. The van der Waals surface area contributed by atoms with Crippen LogP contribution < -0.4 is 0 Å². The Morgan fingerprint density at radius 1 is 1.44 bits per heavy atom. The van der Waals surface area contributed by atoms with Crippen LogP contribution in [0.25, 0.3) is 10.9 Å². The number of aromatic nitrogens is 1. The van der Waals surface area contributed by atoms with Gasteiger partial charge in [-0.1, -0.05) is 12.1 Å². The van der Waals surface area contributed by atoms with Gasteiger partial charge in [-0.05, 0) is 30.9 Å². The molecule has 1 heterocycles. The van der Waals surface area contributed by atoms with Crippen molar-refractivity contribution in [2.75, 3.05) is 0 Å². The van der Waals surface area contributed by atoms with E-state index < -0.39 is 0 Å². The van der Waals surface area contributed by atoms with Gasteiger partial charge in [-0.2, -0.15) is 0 Å². The van der Waals surface area contributed by atoms with Crippen molar-refractivity contribution in [2.24, 2.45) is 0 Å². The fourth-order valence-electron chi connectivity index (χ4n) is 1.80. The Bertz CT molecular complexity index is 500. The second-order valence-electron chi connectivity index (χ2n) is 4.08. The Kier molecular flexibility index (Phi) is 3.06. The minimum Gasteiger partial charge on any atom is -0.393 e. The standard InChI is InChI=1S/C13H15NO2/c1-10(16)4-6-14-7-5-12-3-2-11(9-15)8-13(12)14/h2-3,5,7-10,16H,4,6H2,1H3. The van der Waals surface area contributed by atoms with Gasteiger partial charge in [0, 0.05) is 23.8 Å². The second-order valence-corrected chi connectivity index (χ2v) is 4.08. The highest BCUT2D eigenvalue weighted by molar-refractivity contribution is 5.87. The third-order valence-electron chi connectivity index (χ3n) is 2.72. The first-order chi connectivity index (χ1) is 7.70. The molecule has 0 aliphatic heterocycles. The number of aliphatic hydroxyl groups is 1. The van der Waals surface area contributed by atoms with Gasteiger partial charge in [0.25, 0.3) is 0 Å². The molecule has 0 radical (unpaired) electrons. The van der Waals surface area contributed by atoms with Gasteiger partial charge in [0.1, 0.15) is 6.29 Å². The highest BCUT2D eigenvalue weighted by Gasteiger charge is 2.03. The summed E-state index contributed by atoms with van der Waals surface area (Å²) in [6.07, 6.45) is 3.26. The Morgan fingerprint density at radius 3 is 2.94 bits per heavy atom. The number of aldehydes is 1. The van der Waals surface area contributed by atoms with Crippen molar-refractivity contribution in [1.29, 1.82) is 0 Å². The SMILES string of the molecule is CC(O)CCn1ccc2ccc(C=O)cc21. The minimum atomic E-state index is -0.299. The van der Waals surface area contributed by atoms with Crippen molar-refractivity contribution in [3.63, 3.8) is 0 Å². The fourth-order valence-corrected chi connectivity index (χ4v) is 1.80. The van der Waals surface area contributed by atoms with E-state index in [1.807, 2.05) is 30.5 Å². The van der Waals surface area contributed by atoms with Crippen molar-refractivity contribution in [3.05, 3.63) is 36.0 Å². The number of carbonyl (C=O) groups excluding carboxylic acids is 1. The Balaban J connectivity index is 2.34. The summed E-state index contributed by atoms with van der Waals surface area (Å²) < 4.78 is 2.06. The zero-order chi connectivity index (χ0) is 11.5. The van der Waals surface area contributed by atoms with E-state index in [0.717, 1.165) is 30.2 Å². The summed E-state index contributed by atoms with van der Waals surface area (Å²) in [5.74, 6) is 0. The minimum absolute atomic E-state index is 0.299. The largest absolute Gasteiger partial charge is 0.393 e. The van der Waals surface area contributed by atoms with Crippen LogP contribution in [0.15, 0.2) is 30.5 Å². The molecule has 0 saturated heterocycles. The number of aryl methyl sites for hydroxylation is 1. The number of fused-ring (bicyclic) bond motifs is 1. The van der Waals surface area contributed by atoms with Crippen LogP contribution in [0.4, 0.5) is 0 Å². The molecule has 3 heteroatoms. The van der Waals surface area contributed by atoms with Crippen molar-refractivity contribution < 1.29 is 9.90 Å². The molecule has 0 aliphatic carbocycles. The highest BCUT2D eigenvalue weighted by Crippen LogP contribution is 2.17. The Morgan fingerprint density at radius 2 is 2.25 bits per heavy atom. The molecular weight excluding hydrogens is 202 g/mol. The predicted molar refractivity (Wildman–Crippen MR) is 63.6 cm³/mol. The van der Waals surface area contributed by atoms with Crippen LogP contribution in [0.2, 0.25) is 0 Å². The van der Waals surface area contributed by atoms with E-state index in [4.69, 9.17) is 0 Å². The maximum atomic E-state index is 10.7. The number of hydrogen-bond donors (Lipinski definition) is 1. The molecule has 84 valence electrons. The van der Waals surface area contributed by atoms with Crippen molar-refractivity contribution in [1.82, 2.24) is 4.57 Å². The highest BCUT2D eigenvalue weighted by atomic mass is 16.3. The van der Waals surface area contributed by atoms with Gasteiger partial charge in [-0.25, -0.2) is 0 Å². The van der Waals surface area contributed by atoms with Crippen LogP contribution >= 0.6 is 0 Å². The average Bonchev–Trinajstić information content (AvgIpc) is 2.68. The normalized spacial score (nSPS) is 12.9. The summed E-state index contributed by atoms with van der Waals surface area (Å²) in [6, 6.07) is 7.66. The molecule has 0 aliphatic rings. The number of aliphatic hydroxyl groups excluding tert-OH is 1. The quantitative estimate of drug-likeness (QED) is 0.798. The molecule has 16 heavy (non-hydrogen) atoms.